The summed E-state index contributed by atoms with van der Waals surface area (Å²) in [6.07, 6.45) is 4.21. The van der Waals surface area contributed by atoms with Gasteiger partial charge in [0.2, 0.25) is 17.8 Å². The van der Waals surface area contributed by atoms with Crippen molar-refractivity contribution in [3.8, 4) is 0 Å². The Kier molecular flexibility index (Phi) is 7.57. The molecule has 1 aliphatic rings. The Bertz CT molecular complexity index is 1270. The Balaban J connectivity index is 1.57. The van der Waals surface area contributed by atoms with E-state index < -0.39 is 0 Å². The van der Waals surface area contributed by atoms with Gasteiger partial charge in [0.15, 0.2) is 0 Å². The third-order valence-corrected chi connectivity index (χ3v) is 7.26. The first-order chi connectivity index (χ1) is 16.8. The number of hydrogen-bond donors (Lipinski definition) is 3. The van der Waals surface area contributed by atoms with Gasteiger partial charge in [-0.25, -0.2) is 4.98 Å². The molecule has 0 saturated heterocycles. The van der Waals surface area contributed by atoms with Crippen molar-refractivity contribution < 1.29 is 14.4 Å². The van der Waals surface area contributed by atoms with Crippen LogP contribution in [0.2, 0.25) is 5.02 Å². The van der Waals surface area contributed by atoms with Crippen LogP contribution < -0.4 is 16.0 Å². The number of aromatic nitrogens is 2. The van der Waals surface area contributed by atoms with Crippen molar-refractivity contribution in [1.82, 2.24) is 14.9 Å². The molecule has 184 valence electrons. The lowest BCUT2D eigenvalue weighted by Crippen LogP contribution is -2.37. The lowest BCUT2D eigenvalue weighted by Gasteiger charge is -2.30. The number of imidazole rings is 1. The maximum Gasteiger partial charge on any atom is 0.268 e. The molecule has 0 unspecified atom stereocenters. The lowest BCUT2D eigenvalue weighted by atomic mass is 9.85. The normalized spacial score (nSPS) is 17.8. The summed E-state index contributed by atoms with van der Waals surface area (Å²) in [5.74, 6) is -0.182. The van der Waals surface area contributed by atoms with Gasteiger partial charge in [0, 0.05) is 23.4 Å². The quantitative estimate of drug-likeness (QED) is 0.368. The summed E-state index contributed by atoms with van der Waals surface area (Å²) in [6.45, 7) is 7.35. The number of nitrogens with zero attached hydrogens (tertiary/aromatic N) is 2. The summed E-state index contributed by atoms with van der Waals surface area (Å²) in [5.41, 5.74) is 1.99. The lowest BCUT2D eigenvalue weighted by molar-refractivity contribution is -0.126. The fourth-order valence-corrected chi connectivity index (χ4v) is 5.42. The maximum absolute atomic E-state index is 13.1. The largest absolute Gasteiger partial charge is 0.354 e. The van der Waals surface area contributed by atoms with E-state index in [1.54, 1.807) is 11.4 Å². The minimum atomic E-state index is -0.344. The van der Waals surface area contributed by atoms with Crippen molar-refractivity contribution >= 4 is 63.3 Å². The molecule has 0 bridgehead atoms. The number of thiophene rings is 1. The molecule has 35 heavy (non-hydrogen) atoms. The molecule has 0 atom stereocenters. The number of fused-ring (bicyclic) bond motifs is 1. The molecule has 10 heteroatoms. The van der Waals surface area contributed by atoms with Crippen LogP contribution in [0.15, 0.2) is 42.3 Å². The molecule has 0 spiro atoms. The van der Waals surface area contributed by atoms with Crippen molar-refractivity contribution in [3.63, 3.8) is 0 Å². The number of amides is 3. The van der Waals surface area contributed by atoms with Crippen molar-refractivity contribution in [2.45, 2.75) is 51.6 Å². The molecule has 1 aromatic carbocycles. The molecule has 1 fully saturated rings. The van der Waals surface area contributed by atoms with Crippen LogP contribution in [0.4, 0.5) is 11.6 Å². The second-order valence-electron chi connectivity index (χ2n) is 8.93. The van der Waals surface area contributed by atoms with E-state index in [-0.39, 0.29) is 35.7 Å². The van der Waals surface area contributed by atoms with Crippen molar-refractivity contribution in [3.05, 3.63) is 52.2 Å². The molecule has 3 aromatic rings. The van der Waals surface area contributed by atoms with Gasteiger partial charge >= 0.3 is 0 Å². The van der Waals surface area contributed by atoms with Crippen LogP contribution in [0.3, 0.4) is 0 Å². The van der Waals surface area contributed by atoms with E-state index in [2.05, 4.69) is 27.5 Å². The zero-order chi connectivity index (χ0) is 25.1. The standard InChI is InChI=1S/C25H28ClN5O3S/c1-4-21(32)28-16-12-20(35-13-16)24(34)30-25-29-19-7-5-6-18(26)22(19)31(25)17-10-8-15(9-11-17)23(33)27-14(2)3/h4-7,12-15,17H,1,8-11H2,2-3H3,(H,27,33)(H,28,32)(H,29,30,34). The molecule has 0 aliphatic heterocycles. The first kappa shape index (κ1) is 24.9. The van der Waals surface area contributed by atoms with E-state index in [9.17, 15) is 14.4 Å². The number of nitrogens with one attached hydrogen (secondary N) is 3. The van der Waals surface area contributed by atoms with Crippen LogP contribution in [0, 0.1) is 5.92 Å². The predicted octanol–water partition coefficient (Wildman–Crippen LogP) is 5.38. The Hall–Kier alpha value is -3.17. The highest BCUT2D eigenvalue weighted by Crippen LogP contribution is 2.39. The SMILES string of the molecule is C=CC(=O)Nc1csc(C(=O)Nc2nc3cccc(Cl)c3n2C2CCC(C(=O)NC(C)C)CC2)c1. The second-order valence-corrected chi connectivity index (χ2v) is 10.2. The smallest absolute Gasteiger partial charge is 0.268 e. The molecule has 2 heterocycles. The van der Waals surface area contributed by atoms with Gasteiger partial charge in [-0.05, 0) is 63.8 Å². The van der Waals surface area contributed by atoms with Crippen LogP contribution in [-0.2, 0) is 9.59 Å². The molecule has 8 nitrogen and oxygen atoms in total. The number of carbonyl (C=O) groups excluding carboxylic acids is 3. The summed E-state index contributed by atoms with van der Waals surface area (Å²) < 4.78 is 2.00. The fraction of sp³-hybridized carbons (Fsp3) is 0.360. The summed E-state index contributed by atoms with van der Waals surface area (Å²) in [4.78, 5) is 42.2. The highest BCUT2D eigenvalue weighted by Gasteiger charge is 2.30. The Labute approximate surface area is 212 Å². The Morgan fingerprint density at radius 3 is 2.63 bits per heavy atom. The predicted molar refractivity (Wildman–Crippen MR) is 140 cm³/mol. The summed E-state index contributed by atoms with van der Waals surface area (Å²) in [7, 11) is 0. The minimum absolute atomic E-state index is 0.0211. The number of anilines is 2. The average Bonchev–Trinajstić information content (AvgIpc) is 3.44. The zero-order valence-corrected chi connectivity index (χ0v) is 21.2. The zero-order valence-electron chi connectivity index (χ0n) is 19.6. The Morgan fingerprint density at radius 2 is 1.94 bits per heavy atom. The third-order valence-electron chi connectivity index (χ3n) is 6.03. The molecule has 3 N–H and O–H groups in total. The number of benzene rings is 1. The second kappa shape index (κ2) is 10.6. The molecule has 4 rings (SSSR count). The summed E-state index contributed by atoms with van der Waals surface area (Å²) in [6, 6.07) is 7.27. The molecule has 2 aromatic heterocycles. The van der Waals surface area contributed by atoms with Gasteiger partial charge in [-0.15, -0.1) is 11.3 Å². The van der Waals surface area contributed by atoms with E-state index in [0.717, 1.165) is 31.2 Å². The number of carbonyl (C=O) groups is 3. The van der Waals surface area contributed by atoms with Gasteiger partial charge in [0.25, 0.3) is 5.91 Å². The van der Waals surface area contributed by atoms with Gasteiger partial charge in [0.05, 0.1) is 26.6 Å². The van der Waals surface area contributed by atoms with Crippen molar-refractivity contribution in [2.75, 3.05) is 10.6 Å². The average molecular weight is 514 g/mol. The molecule has 1 saturated carbocycles. The number of para-hydroxylation sites is 1. The van der Waals surface area contributed by atoms with E-state index in [1.807, 2.05) is 36.6 Å². The fourth-order valence-electron chi connectivity index (χ4n) is 4.43. The molecule has 0 radical (unpaired) electrons. The molecular weight excluding hydrogens is 486 g/mol. The van der Waals surface area contributed by atoms with E-state index in [0.29, 0.717) is 27.1 Å². The third kappa shape index (κ3) is 5.57. The van der Waals surface area contributed by atoms with Gasteiger partial charge in [0.1, 0.15) is 0 Å². The van der Waals surface area contributed by atoms with Crippen LogP contribution in [0.1, 0.15) is 55.2 Å². The minimum Gasteiger partial charge on any atom is -0.354 e. The topological polar surface area (TPSA) is 105 Å². The van der Waals surface area contributed by atoms with Gasteiger partial charge in [-0.1, -0.05) is 24.2 Å². The first-order valence-electron chi connectivity index (χ1n) is 11.6. The highest BCUT2D eigenvalue weighted by atomic mass is 35.5. The molecular formula is C25H28ClN5O3S. The van der Waals surface area contributed by atoms with E-state index >= 15 is 0 Å². The van der Waals surface area contributed by atoms with Crippen LogP contribution in [-0.4, -0.2) is 33.3 Å². The van der Waals surface area contributed by atoms with Gasteiger partial charge in [-0.2, -0.15) is 0 Å². The summed E-state index contributed by atoms with van der Waals surface area (Å²) in [5, 5.41) is 10.8. The first-order valence-corrected chi connectivity index (χ1v) is 12.8. The molecule has 1 aliphatic carbocycles. The Morgan fingerprint density at radius 1 is 1.20 bits per heavy atom. The number of hydrogen-bond acceptors (Lipinski definition) is 5. The van der Waals surface area contributed by atoms with Crippen LogP contribution in [0.5, 0.6) is 0 Å². The number of halogens is 1. The van der Waals surface area contributed by atoms with Crippen molar-refractivity contribution in [1.29, 1.82) is 0 Å². The van der Waals surface area contributed by atoms with Crippen LogP contribution >= 0.6 is 22.9 Å². The molecule has 3 amide bonds. The number of rotatable bonds is 7. The van der Waals surface area contributed by atoms with Gasteiger partial charge < -0.3 is 15.2 Å². The van der Waals surface area contributed by atoms with Gasteiger partial charge in [-0.3, -0.25) is 19.7 Å². The van der Waals surface area contributed by atoms with Crippen molar-refractivity contribution in [2.24, 2.45) is 5.92 Å². The van der Waals surface area contributed by atoms with E-state index in [1.165, 1.54) is 17.4 Å². The maximum atomic E-state index is 13.1. The van der Waals surface area contributed by atoms with E-state index in [4.69, 9.17) is 11.6 Å². The highest BCUT2D eigenvalue weighted by molar-refractivity contribution is 7.12. The van der Waals surface area contributed by atoms with Crippen LogP contribution in [0.25, 0.3) is 11.0 Å². The summed E-state index contributed by atoms with van der Waals surface area (Å²) >= 11 is 7.79. The monoisotopic (exact) mass is 513 g/mol.